The van der Waals surface area contributed by atoms with Gasteiger partial charge in [-0.1, -0.05) is 32.0 Å². The van der Waals surface area contributed by atoms with Gasteiger partial charge in [0.05, 0.1) is 12.5 Å². The number of alkyl halides is 2. The van der Waals surface area contributed by atoms with Crippen LogP contribution in [0.4, 0.5) is 8.78 Å². The lowest BCUT2D eigenvalue weighted by atomic mass is 9.77. The monoisotopic (exact) mass is 465 g/mol. The van der Waals surface area contributed by atoms with Crippen molar-refractivity contribution in [1.29, 1.82) is 0 Å². The molecule has 0 aromatic heterocycles. The highest BCUT2D eigenvalue weighted by Gasteiger charge is 2.52. The number of nitrogens with one attached hydrogen (secondary N) is 1. The molecule has 3 amide bonds. The van der Waals surface area contributed by atoms with Gasteiger partial charge in [0.15, 0.2) is 0 Å². The fourth-order valence-corrected chi connectivity index (χ4v) is 4.57. The van der Waals surface area contributed by atoms with E-state index in [0.29, 0.717) is 5.92 Å². The molecule has 2 saturated heterocycles. The summed E-state index contributed by atoms with van der Waals surface area (Å²) in [4.78, 5) is 36.9. The number of nitrogens with zero attached hydrogens (tertiary/aromatic N) is 2. The van der Waals surface area contributed by atoms with E-state index in [4.69, 9.17) is 10.0 Å². The van der Waals surface area contributed by atoms with E-state index >= 15 is 0 Å². The molecule has 3 heterocycles. The number of likely N-dealkylation sites (tertiary alicyclic amines) is 1. The Morgan fingerprint density at radius 3 is 2.48 bits per heavy atom. The van der Waals surface area contributed by atoms with Gasteiger partial charge in [-0.05, 0) is 29.0 Å². The van der Waals surface area contributed by atoms with Crippen molar-refractivity contribution in [2.24, 2.45) is 0 Å². The first-order chi connectivity index (χ1) is 15.4. The third kappa shape index (κ3) is 5.70. The fraction of sp³-hybridized carbons (Fsp3) is 0.591. The van der Waals surface area contributed by atoms with Crippen LogP contribution in [0.1, 0.15) is 62.6 Å². The Labute approximate surface area is 192 Å². The molecule has 1 aromatic rings. The Bertz CT molecular complexity index is 927. The first-order valence-corrected chi connectivity index (χ1v) is 11.1. The van der Waals surface area contributed by atoms with Crippen LogP contribution in [0.25, 0.3) is 0 Å². The molecule has 1 aromatic carbocycles. The molecule has 0 saturated carbocycles. The van der Waals surface area contributed by atoms with E-state index in [-0.39, 0.29) is 24.7 Å². The number of hydrogen-bond acceptors (Lipinski definition) is 5. The van der Waals surface area contributed by atoms with Crippen LogP contribution in [0.15, 0.2) is 18.2 Å². The van der Waals surface area contributed by atoms with Crippen molar-refractivity contribution in [2.75, 3.05) is 6.54 Å². The summed E-state index contributed by atoms with van der Waals surface area (Å²) in [5.41, 5.74) is 4.07. The number of benzene rings is 1. The van der Waals surface area contributed by atoms with Gasteiger partial charge in [0, 0.05) is 32.9 Å². The van der Waals surface area contributed by atoms with E-state index in [1.165, 1.54) is 16.7 Å². The number of hydrogen-bond donors (Lipinski definition) is 3. The minimum absolute atomic E-state index is 0.168. The van der Waals surface area contributed by atoms with E-state index in [2.05, 4.69) is 37.4 Å². The lowest BCUT2D eigenvalue weighted by Gasteiger charge is -2.25. The lowest BCUT2D eigenvalue weighted by Crippen LogP contribution is -2.51. The van der Waals surface area contributed by atoms with Crippen molar-refractivity contribution in [3.05, 3.63) is 34.9 Å². The van der Waals surface area contributed by atoms with Crippen molar-refractivity contribution in [2.45, 2.75) is 76.9 Å². The largest absolute Gasteiger partial charge is 0.475 e. The normalized spacial score (nSPS) is 23.2. The van der Waals surface area contributed by atoms with Crippen molar-refractivity contribution in [1.82, 2.24) is 15.1 Å². The molecule has 0 spiro atoms. The molecule has 33 heavy (non-hydrogen) atoms. The van der Waals surface area contributed by atoms with Crippen LogP contribution in [0.3, 0.4) is 0 Å². The van der Waals surface area contributed by atoms with Crippen LogP contribution in [0, 0.1) is 0 Å². The maximum Gasteiger partial charge on any atom is 0.475 e. The van der Waals surface area contributed by atoms with Gasteiger partial charge in [0.2, 0.25) is 17.7 Å². The van der Waals surface area contributed by atoms with Crippen LogP contribution < -0.4 is 5.32 Å². The molecule has 4 rings (SSSR count). The van der Waals surface area contributed by atoms with E-state index in [1.807, 2.05) is 4.90 Å². The molecule has 0 radical (unpaired) electrons. The average Bonchev–Trinajstić information content (AvgIpc) is 3.43. The maximum atomic E-state index is 13.2. The number of carbonyl (C=O) groups excluding carboxylic acids is 3. The van der Waals surface area contributed by atoms with Crippen LogP contribution in [0.5, 0.6) is 0 Å². The minimum Gasteiger partial charge on any atom is -0.426 e. The van der Waals surface area contributed by atoms with Crippen LogP contribution in [-0.2, 0) is 27.5 Å². The second-order valence-electron chi connectivity index (χ2n) is 9.18. The van der Waals surface area contributed by atoms with Gasteiger partial charge >= 0.3 is 7.12 Å². The highest BCUT2D eigenvalue weighted by Crippen LogP contribution is 2.33. The fourth-order valence-electron chi connectivity index (χ4n) is 4.57. The van der Waals surface area contributed by atoms with Gasteiger partial charge in [0.1, 0.15) is 6.04 Å². The molecule has 3 aliphatic rings. The van der Waals surface area contributed by atoms with Crippen molar-refractivity contribution in [3.63, 3.8) is 0 Å². The molecule has 2 fully saturated rings. The summed E-state index contributed by atoms with van der Waals surface area (Å²) in [5.74, 6) is -4.75. The van der Waals surface area contributed by atoms with Crippen LogP contribution in [0.2, 0.25) is 0 Å². The van der Waals surface area contributed by atoms with E-state index < -0.39 is 43.9 Å². The molecule has 3 N–H and O–H groups in total. The Hall–Kier alpha value is -2.53. The Balaban J connectivity index is 0.000000189. The Morgan fingerprint density at radius 2 is 1.94 bits per heavy atom. The second-order valence-corrected chi connectivity index (χ2v) is 9.18. The zero-order valence-electron chi connectivity index (χ0n) is 19.1. The van der Waals surface area contributed by atoms with Crippen molar-refractivity contribution >= 4 is 24.8 Å². The van der Waals surface area contributed by atoms with Gasteiger partial charge in [-0.3, -0.25) is 14.4 Å². The summed E-state index contributed by atoms with van der Waals surface area (Å²) in [7, 11) is -2.01. The third-order valence-corrected chi connectivity index (χ3v) is 6.32. The van der Waals surface area contributed by atoms with Gasteiger partial charge in [-0.15, -0.1) is 0 Å². The standard InChI is InChI=1S/C13H17NO.C9H13BF2N2O4/c1-9(2)12-6-4-5-11-7-14(10(3)15)8-13(11)12;11-9(12)3-6(10(17)18)14(4-9)8(16)5-1-2-7(15)13-5/h4-6,9H,7-8H2,1-3H3;5-6,17-18H,1-4H2,(H,13,15). The molecule has 2 unspecified atom stereocenters. The summed E-state index contributed by atoms with van der Waals surface area (Å²) < 4.78 is 26.5. The zero-order valence-corrected chi connectivity index (χ0v) is 19.1. The van der Waals surface area contributed by atoms with Crippen molar-refractivity contribution < 1.29 is 33.2 Å². The summed E-state index contributed by atoms with van der Waals surface area (Å²) in [6.45, 7) is 6.77. The molecular formula is C22H30BF2N3O5. The molecule has 0 aliphatic carbocycles. The Kier molecular flexibility index (Phi) is 7.43. The topological polar surface area (TPSA) is 110 Å². The lowest BCUT2D eigenvalue weighted by molar-refractivity contribution is -0.135. The Morgan fingerprint density at radius 1 is 1.24 bits per heavy atom. The first kappa shape index (κ1) is 25.1. The number of halogens is 2. The highest BCUT2D eigenvalue weighted by molar-refractivity contribution is 6.43. The molecule has 180 valence electrons. The third-order valence-electron chi connectivity index (χ3n) is 6.32. The molecule has 2 atom stereocenters. The predicted molar refractivity (Wildman–Crippen MR) is 117 cm³/mol. The SMILES string of the molecule is CC(=O)N1Cc2cccc(C(C)C)c2C1.O=C1CCC(C(=O)N2CC(F)(F)CC2B(O)O)N1. The highest BCUT2D eigenvalue weighted by atomic mass is 19.3. The summed E-state index contributed by atoms with van der Waals surface area (Å²) in [6.07, 6.45) is -0.363. The number of fused-ring (bicyclic) bond motifs is 1. The van der Waals surface area contributed by atoms with E-state index in [9.17, 15) is 23.2 Å². The summed E-state index contributed by atoms with van der Waals surface area (Å²) in [5, 5.41) is 20.5. The van der Waals surface area contributed by atoms with Gasteiger partial charge in [-0.2, -0.15) is 0 Å². The van der Waals surface area contributed by atoms with Gasteiger partial charge in [-0.25, -0.2) is 8.78 Å². The number of rotatable bonds is 3. The van der Waals surface area contributed by atoms with Crippen molar-refractivity contribution in [3.8, 4) is 0 Å². The number of carbonyl (C=O) groups is 3. The summed E-state index contributed by atoms with van der Waals surface area (Å²) >= 11 is 0. The molecular weight excluding hydrogens is 435 g/mol. The molecule has 3 aliphatic heterocycles. The molecule has 0 bridgehead atoms. The minimum atomic E-state index is -3.13. The van der Waals surface area contributed by atoms with E-state index in [0.717, 1.165) is 18.0 Å². The predicted octanol–water partition coefficient (Wildman–Crippen LogP) is 1.19. The molecule has 11 heteroatoms. The number of amides is 3. The van der Waals surface area contributed by atoms with Gasteiger partial charge in [0.25, 0.3) is 5.92 Å². The second kappa shape index (κ2) is 9.76. The maximum absolute atomic E-state index is 13.2. The average molecular weight is 465 g/mol. The summed E-state index contributed by atoms with van der Waals surface area (Å²) in [6, 6.07) is 5.56. The quantitative estimate of drug-likeness (QED) is 0.581. The van der Waals surface area contributed by atoms with Gasteiger partial charge < -0.3 is 25.2 Å². The zero-order chi connectivity index (χ0) is 24.5. The molecule has 8 nitrogen and oxygen atoms in total. The first-order valence-electron chi connectivity index (χ1n) is 11.1. The van der Waals surface area contributed by atoms with E-state index in [1.54, 1.807) is 6.92 Å². The smallest absolute Gasteiger partial charge is 0.426 e. The van der Waals surface area contributed by atoms with Crippen LogP contribution in [-0.4, -0.2) is 69.1 Å². The van der Waals surface area contributed by atoms with Crippen LogP contribution >= 0.6 is 0 Å².